The summed E-state index contributed by atoms with van der Waals surface area (Å²) in [7, 11) is 1.43. The van der Waals surface area contributed by atoms with E-state index >= 15 is 0 Å². The van der Waals surface area contributed by atoms with Gasteiger partial charge >= 0.3 is 0 Å². The molecular weight excluding hydrogens is 306 g/mol. The fourth-order valence-electron chi connectivity index (χ4n) is 2.17. The third-order valence-corrected chi connectivity index (χ3v) is 3.35. The fraction of sp³-hybridized carbons (Fsp3) is 0.105. The van der Waals surface area contributed by atoms with Crippen molar-refractivity contribution in [1.82, 2.24) is 0 Å². The van der Waals surface area contributed by atoms with Crippen molar-refractivity contribution in [2.75, 3.05) is 7.11 Å². The first-order valence-electron chi connectivity index (χ1n) is 7.28. The first kappa shape index (κ1) is 17.1. The Morgan fingerprint density at radius 1 is 1.08 bits per heavy atom. The lowest BCUT2D eigenvalue weighted by Crippen LogP contribution is -2.16. The zero-order valence-corrected chi connectivity index (χ0v) is 13.2. The van der Waals surface area contributed by atoms with E-state index in [-0.39, 0.29) is 17.8 Å². The van der Waals surface area contributed by atoms with E-state index in [9.17, 15) is 14.4 Å². The monoisotopic (exact) mass is 323 g/mol. The summed E-state index contributed by atoms with van der Waals surface area (Å²) < 4.78 is 5.19. The number of carbonyl (C=O) groups excluding carboxylic acids is 3. The molecule has 2 aromatic rings. The van der Waals surface area contributed by atoms with Gasteiger partial charge in [-0.3, -0.25) is 14.4 Å². The Kier molecular flexibility index (Phi) is 5.63. The van der Waals surface area contributed by atoms with Gasteiger partial charge in [0.2, 0.25) is 5.91 Å². The first-order chi connectivity index (χ1) is 11.5. The molecule has 2 rings (SSSR count). The van der Waals surface area contributed by atoms with E-state index in [1.807, 2.05) is 6.07 Å². The molecule has 0 heterocycles. The van der Waals surface area contributed by atoms with Gasteiger partial charge in [-0.1, -0.05) is 42.5 Å². The molecule has 0 radical (unpaired) electrons. The van der Waals surface area contributed by atoms with Gasteiger partial charge in [-0.2, -0.15) is 0 Å². The number of primary amides is 1. The van der Waals surface area contributed by atoms with Gasteiger partial charge in [0, 0.05) is 5.56 Å². The van der Waals surface area contributed by atoms with Crippen LogP contribution in [-0.4, -0.2) is 24.6 Å². The van der Waals surface area contributed by atoms with Crippen LogP contribution in [0.4, 0.5) is 0 Å². The molecule has 0 unspecified atom stereocenters. The van der Waals surface area contributed by atoms with Gasteiger partial charge in [0.15, 0.2) is 11.6 Å². The zero-order chi connectivity index (χ0) is 17.5. The summed E-state index contributed by atoms with van der Waals surface area (Å²) in [6.07, 6.45) is 2.72. The normalized spacial score (nSPS) is 10.5. The smallest absolute Gasteiger partial charge is 0.225 e. The number of rotatable bonds is 7. The molecule has 0 bridgehead atoms. The number of hydrogen-bond donors (Lipinski definition) is 1. The number of hydrogen-bond acceptors (Lipinski definition) is 4. The molecule has 0 aliphatic rings. The Morgan fingerprint density at radius 3 is 2.42 bits per heavy atom. The predicted molar refractivity (Wildman–Crippen MR) is 90.9 cm³/mol. The fourth-order valence-corrected chi connectivity index (χ4v) is 2.17. The van der Waals surface area contributed by atoms with Gasteiger partial charge in [0.05, 0.1) is 19.1 Å². The van der Waals surface area contributed by atoms with Crippen molar-refractivity contribution in [3.63, 3.8) is 0 Å². The molecule has 0 saturated carbocycles. The van der Waals surface area contributed by atoms with E-state index in [4.69, 9.17) is 10.5 Å². The maximum atomic E-state index is 12.0. The van der Waals surface area contributed by atoms with Gasteiger partial charge in [-0.25, -0.2) is 0 Å². The van der Waals surface area contributed by atoms with Gasteiger partial charge in [-0.05, 0) is 23.8 Å². The number of methoxy groups -OCH3 is 1. The van der Waals surface area contributed by atoms with Crippen LogP contribution in [0, 0.1) is 0 Å². The molecule has 0 atom stereocenters. The molecular formula is C19H17NO4. The second-order valence-corrected chi connectivity index (χ2v) is 5.09. The second-order valence-electron chi connectivity index (χ2n) is 5.09. The number of nitrogens with two attached hydrogens (primary N) is 1. The van der Waals surface area contributed by atoms with Crippen LogP contribution in [-0.2, 0) is 4.79 Å². The summed E-state index contributed by atoms with van der Waals surface area (Å²) in [6.45, 7) is 0. The number of ketones is 2. The summed E-state index contributed by atoms with van der Waals surface area (Å²) in [4.78, 5) is 34.9. The highest BCUT2D eigenvalue weighted by atomic mass is 16.5. The van der Waals surface area contributed by atoms with Crippen LogP contribution >= 0.6 is 0 Å². The van der Waals surface area contributed by atoms with Crippen molar-refractivity contribution in [3.8, 4) is 5.75 Å². The van der Waals surface area contributed by atoms with Crippen molar-refractivity contribution < 1.29 is 19.1 Å². The van der Waals surface area contributed by atoms with Gasteiger partial charge in [0.1, 0.15) is 5.75 Å². The van der Waals surface area contributed by atoms with Crippen LogP contribution in [0.3, 0.4) is 0 Å². The average Bonchev–Trinajstić information content (AvgIpc) is 2.59. The highest BCUT2D eigenvalue weighted by Gasteiger charge is 2.14. The molecule has 1 amide bonds. The molecule has 2 aromatic carbocycles. The second kappa shape index (κ2) is 7.87. The molecule has 2 N–H and O–H groups in total. The molecule has 0 aromatic heterocycles. The number of carbonyl (C=O) groups is 3. The van der Waals surface area contributed by atoms with Crippen LogP contribution in [0.15, 0.2) is 54.6 Å². The number of allylic oxidation sites excluding steroid dienone is 1. The summed E-state index contributed by atoms with van der Waals surface area (Å²) in [5, 5.41) is 0. The minimum Gasteiger partial charge on any atom is -0.496 e. The lowest BCUT2D eigenvalue weighted by atomic mass is 10.0. The number of amides is 1. The Bertz CT molecular complexity index is 794. The highest BCUT2D eigenvalue weighted by Crippen LogP contribution is 2.22. The van der Waals surface area contributed by atoms with Gasteiger partial charge in [0.25, 0.3) is 0 Å². The van der Waals surface area contributed by atoms with Crippen molar-refractivity contribution in [2.24, 2.45) is 5.73 Å². The van der Waals surface area contributed by atoms with Crippen LogP contribution in [0.25, 0.3) is 6.08 Å². The standard InChI is InChI=1S/C19H17NO4/c1-24-18-11-13(7-9-15(18)17(22)12-19(20)23)8-10-16(21)14-5-3-2-4-6-14/h2-11H,12H2,1H3,(H2,20,23). The van der Waals surface area contributed by atoms with Crippen molar-refractivity contribution in [3.05, 3.63) is 71.3 Å². The van der Waals surface area contributed by atoms with E-state index in [2.05, 4.69) is 0 Å². The van der Waals surface area contributed by atoms with Crippen LogP contribution in [0.1, 0.15) is 32.7 Å². The zero-order valence-electron chi connectivity index (χ0n) is 13.2. The minimum absolute atomic E-state index is 0.122. The third-order valence-electron chi connectivity index (χ3n) is 3.35. The van der Waals surface area contributed by atoms with Crippen LogP contribution in [0.2, 0.25) is 0 Å². The molecule has 0 aliphatic carbocycles. The number of Topliss-reactive ketones (excluding diaryl/α,β-unsaturated/α-hetero) is 1. The van der Waals surface area contributed by atoms with E-state index in [0.717, 1.165) is 0 Å². The maximum Gasteiger partial charge on any atom is 0.225 e. The number of benzene rings is 2. The molecule has 0 aliphatic heterocycles. The highest BCUT2D eigenvalue weighted by molar-refractivity contribution is 6.09. The molecule has 5 nitrogen and oxygen atoms in total. The van der Waals surface area contributed by atoms with E-state index < -0.39 is 11.7 Å². The van der Waals surface area contributed by atoms with Crippen molar-refractivity contribution >= 4 is 23.5 Å². The molecule has 0 saturated heterocycles. The summed E-state index contributed by atoms with van der Waals surface area (Å²) >= 11 is 0. The van der Waals surface area contributed by atoms with Crippen LogP contribution < -0.4 is 10.5 Å². The molecule has 24 heavy (non-hydrogen) atoms. The van der Waals surface area contributed by atoms with E-state index in [0.29, 0.717) is 16.9 Å². The lowest BCUT2D eigenvalue weighted by Gasteiger charge is -2.08. The van der Waals surface area contributed by atoms with Gasteiger partial charge in [-0.15, -0.1) is 0 Å². The molecule has 5 heteroatoms. The maximum absolute atomic E-state index is 12.0. The minimum atomic E-state index is -0.695. The van der Waals surface area contributed by atoms with E-state index in [1.54, 1.807) is 48.5 Å². The Labute approximate surface area is 139 Å². The van der Waals surface area contributed by atoms with Crippen LogP contribution in [0.5, 0.6) is 5.75 Å². The first-order valence-corrected chi connectivity index (χ1v) is 7.28. The summed E-state index contributed by atoms with van der Waals surface area (Å²) in [5.41, 5.74) is 6.61. The van der Waals surface area contributed by atoms with E-state index in [1.165, 1.54) is 13.2 Å². The van der Waals surface area contributed by atoms with Crippen molar-refractivity contribution in [2.45, 2.75) is 6.42 Å². The quantitative estimate of drug-likeness (QED) is 0.482. The SMILES string of the molecule is COc1cc(C=CC(=O)c2ccccc2)ccc1C(=O)CC(N)=O. The largest absolute Gasteiger partial charge is 0.496 e. The average molecular weight is 323 g/mol. The molecule has 0 fully saturated rings. The third kappa shape index (κ3) is 4.39. The number of ether oxygens (including phenoxy) is 1. The Balaban J connectivity index is 2.20. The van der Waals surface area contributed by atoms with Gasteiger partial charge < -0.3 is 10.5 Å². The lowest BCUT2D eigenvalue weighted by molar-refractivity contribution is -0.117. The summed E-state index contributed by atoms with van der Waals surface area (Å²) in [5.74, 6) is -0.895. The predicted octanol–water partition coefficient (Wildman–Crippen LogP) is 2.65. The topological polar surface area (TPSA) is 86.5 Å². The molecule has 122 valence electrons. The Morgan fingerprint density at radius 2 is 1.79 bits per heavy atom. The van der Waals surface area contributed by atoms with Crippen molar-refractivity contribution in [1.29, 1.82) is 0 Å². The molecule has 0 spiro atoms. The summed E-state index contributed by atoms with van der Waals surface area (Å²) in [6, 6.07) is 13.8. The Hall–Kier alpha value is -3.21.